The minimum Gasteiger partial charge on any atom is -0.384 e. The number of hydrogen-bond donors (Lipinski definition) is 2. The van der Waals surface area contributed by atoms with Crippen molar-refractivity contribution in [1.29, 1.82) is 0 Å². The van der Waals surface area contributed by atoms with E-state index in [4.69, 9.17) is 4.74 Å². The van der Waals surface area contributed by atoms with Crippen molar-refractivity contribution in [3.05, 3.63) is 29.8 Å². The van der Waals surface area contributed by atoms with Gasteiger partial charge in [0.1, 0.15) is 0 Å². The van der Waals surface area contributed by atoms with Gasteiger partial charge in [-0.25, -0.2) is 0 Å². The van der Waals surface area contributed by atoms with Crippen molar-refractivity contribution in [2.75, 3.05) is 32.1 Å². The van der Waals surface area contributed by atoms with E-state index < -0.39 is 5.41 Å². The van der Waals surface area contributed by atoms with Crippen LogP contribution in [0.3, 0.4) is 0 Å². The van der Waals surface area contributed by atoms with Gasteiger partial charge in [0, 0.05) is 32.3 Å². The number of piperidine rings is 1. The summed E-state index contributed by atoms with van der Waals surface area (Å²) in [7, 11) is 1.65. The number of anilines is 1. The molecule has 1 saturated heterocycles. The summed E-state index contributed by atoms with van der Waals surface area (Å²) >= 11 is 0. The van der Waals surface area contributed by atoms with Gasteiger partial charge in [-0.05, 0) is 56.5 Å². The summed E-state index contributed by atoms with van der Waals surface area (Å²) in [5, 5.41) is 6.35. The fourth-order valence-corrected chi connectivity index (χ4v) is 3.66. The van der Waals surface area contributed by atoms with Gasteiger partial charge < -0.3 is 20.3 Å². The standard InChI is InChI=1S/C20H29N3O3/c1-15(24)23(18-7-8-18)13-16-3-5-17(6-4-16)22-19(25)20(14-26-2)9-11-21-12-10-20/h3-6,18,21H,7-14H2,1-2H3,(H,22,25). The van der Waals surface area contributed by atoms with Crippen molar-refractivity contribution >= 4 is 17.5 Å². The van der Waals surface area contributed by atoms with Crippen LogP contribution in [-0.4, -0.2) is 49.6 Å². The quantitative estimate of drug-likeness (QED) is 0.783. The number of nitrogens with one attached hydrogen (secondary N) is 2. The first-order valence-corrected chi connectivity index (χ1v) is 9.41. The van der Waals surface area contributed by atoms with Crippen LogP contribution in [0.4, 0.5) is 5.69 Å². The number of carbonyl (C=O) groups excluding carboxylic acids is 2. The van der Waals surface area contributed by atoms with Crippen LogP contribution in [-0.2, 0) is 20.9 Å². The van der Waals surface area contributed by atoms with Gasteiger partial charge in [-0.15, -0.1) is 0 Å². The molecule has 1 aromatic carbocycles. The molecule has 26 heavy (non-hydrogen) atoms. The molecule has 6 nitrogen and oxygen atoms in total. The van der Waals surface area contributed by atoms with Crippen molar-refractivity contribution in [1.82, 2.24) is 10.2 Å². The van der Waals surface area contributed by atoms with E-state index in [1.54, 1.807) is 14.0 Å². The molecule has 6 heteroatoms. The Bertz CT molecular complexity index is 629. The average molecular weight is 359 g/mol. The Morgan fingerprint density at radius 1 is 1.23 bits per heavy atom. The molecule has 142 valence electrons. The summed E-state index contributed by atoms with van der Waals surface area (Å²) in [6, 6.07) is 8.21. The Balaban J connectivity index is 1.62. The lowest BCUT2D eigenvalue weighted by molar-refractivity contribution is -0.131. The SMILES string of the molecule is COCC1(C(=O)Nc2ccc(CN(C(C)=O)C3CC3)cc2)CCNCC1. The van der Waals surface area contributed by atoms with Crippen molar-refractivity contribution in [3.63, 3.8) is 0 Å². The van der Waals surface area contributed by atoms with Crippen LogP contribution < -0.4 is 10.6 Å². The van der Waals surface area contributed by atoms with Crippen LogP contribution >= 0.6 is 0 Å². The zero-order chi connectivity index (χ0) is 18.6. The molecular weight excluding hydrogens is 330 g/mol. The second kappa shape index (κ2) is 8.18. The van der Waals surface area contributed by atoms with Crippen LogP contribution in [0.5, 0.6) is 0 Å². The van der Waals surface area contributed by atoms with Crippen molar-refractivity contribution in [3.8, 4) is 0 Å². The maximum absolute atomic E-state index is 12.9. The van der Waals surface area contributed by atoms with E-state index in [9.17, 15) is 9.59 Å². The predicted octanol–water partition coefficient (Wildman–Crippen LogP) is 2.15. The highest BCUT2D eigenvalue weighted by Gasteiger charge is 2.39. The van der Waals surface area contributed by atoms with Gasteiger partial charge in [0.05, 0.1) is 12.0 Å². The Morgan fingerprint density at radius 2 is 1.88 bits per heavy atom. The van der Waals surface area contributed by atoms with E-state index in [-0.39, 0.29) is 11.8 Å². The number of rotatable bonds is 7. The first-order valence-electron chi connectivity index (χ1n) is 9.41. The Hall–Kier alpha value is -1.92. The third kappa shape index (κ3) is 4.43. The molecule has 1 aliphatic carbocycles. The predicted molar refractivity (Wildman–Crippen MR) is 101 cm³/mol. The molecule has 0 unspecified atom stereocenters. The van der Waals surface area contributed by atoms with E-state index >= 15 is 0 Å². The maximum atomic E-state index is 12.9. The number of hydrogen-bond acceptors (Lipinski definition) is 4. The second-order valence-corrected chi connectivity index (χ2v) is 7.49. The first kappa shape index (κ1) is 18.9. The lowest BCUT2D eigenvalue weighted by Gasteiger charge is -2.35. The number of amides is 2. The molecule has 2 amide bonds. The molecular formula is C20H29N3O3. The van der Waals surface area contributed by atoms with Crippen molar-refractivity contribution < 1.29 is 14.3 Å². The molecule has 0 bridgehead atoms. The summed E-state index contributed by atoms with van der Waals surface area (Å²) in [5.41, 5.74) is 1.41. The number of carbonyl (C=O) groups is 2. The molecule has 0 spiro atoms. The molecule has 1 heterocycles. The third-order valence-electron chi connectivity index (χ3n) is 5.42. The minimum absolute atomic E-state index is 0.0249. The van der Waals surface area contributed by atoms with E-state index in [1.165, 1.54) is 0 Å². The molecule has 3 rings (SSSR count). The lowest BCUT2D eigenvalue weighted by Crippen LogP contribution is -2.47. The number of benzene rings is 1. The highest BCUT2D eigenvalue weighted by Crippen LogP contribution is 2.31. The van der Waals surface area contributed by atoms with Gasteiger partial charge in [-0.3, -0.25) is 9.59 Å². The largest absolute Gasteiger partial charge is 0.384 e. The van der Waals surface area contributed by atoms with Gasteiger partial charge in [-0.1, -0.05) is 12.1 Å². The number of ether oxygens (including phenoxy) is 1. The monoisotopic (exact) mass is 359 g/mol. The molecule has 1 aliphatic heterocycles. The molecule has 2 aliphatic rings. The van der Waals surface area contributed by atoms with Crippen molar-refractivity contribution in [2.45, 2.75) is 45.2 Å². The zero-order valence-electron chi connectivity index (χ0n) is 15.7. The van der Waals surface area contributed by atoms with Crippen LogP contribution in [0.2, 0.25) is 0 Å². The number of nitrogens with zero attached hydrogens (tertiary/aromatic N) is 1. The summed E-state index contributed by atoms with van der Waals surface area (Å²) in [4.78, 5) is 26.6. The normalized spacial score (nSPS) is 19.0. The lowest BCUT2D eigenvalue weighted by atomic mass is 9.78. The van der Waals surface area contributed by atoms with Crippen LogP contribution in [0.25, 0.3) is 0 Å². The van der Waals surface area contributed by atoms with E-state index in [1.807, 2.05) is 29.2 Å². The van der Waals surface area contributed by atoms with Gasteiger partial charge in [0.15, 0.2) is 0 Å². The van der Waals surface area contributed by atoms with Crippen LogP contribution in [0, 0.1) is 5.41 Å². The van der Waals surface area contributed by atoms with E-state index in [2.05, 4.69) is 10.6 Å². The Labute approximate surface area is 155 Å². The van der Waals surface area contributed by atoms with E-state index in [0.717, 1.165) is 50.0 Å². The van der Waals surface area contributed by atoms with Gasteiger partial charge in [0.25, 0.3) is 0 Å². The maximum Gasteiger partial charge on any atom is 0.233 e. The molecule has 0 aromatic heterocycles. The topological polar surface area (TPSA) is 70.7 Å². The Kier molecular flexibility index (Phi) is 5.94. The fourth-order valence-electron chi connectivity index (χ4n) is 3.66. The summed E-state index contributed by atoms with van der Waals surface area (Å²) in [6.07, 6.45) is 3.76. The fraction of sp³-hybridized carbons (Fsp3) is 0.600. The molecule has 1 aromatic rings. The first-order chi connectivity index (χ1) is 12.5. The minimum atomic E-state index is -0.462. The molecule has 1 saturated carbocycles. The number of methoxy groups -OCH3 is 1. The van der Waals surface area contributed by atoms with Crippen LogP contribution in [0.15, 0.2) is 24.3 Å². The average Bonchev–Trinajstić information content (AvgIpc) is 3.46. The molecule has 2 fully saturated rings. The van der Waals surface area contributed by atoms with Gasteiger partial charge >= 0.3 is 0 Å². The van der Waals surface area contributed by atoms with Gasteiger partial charge in [-0.2, -0.15) is 0 Å². The zero-order valence-corrected chi connectivity index (χ0v) is 15.7. The summed E-state index contributed by atoms with van der Waals surface area (Å²) < 4.78 is 5.33. The van der Waals surface area contributed by atoms with Crippen molar-refractivity contribution in [2.24, 2.45) is 5.41 Å². The van der Waals surface area contributed by atoms with Crippen LogP contribution in [0.1, 0.15) is 38.2 Å². The third-order valence-corrected chi connectivity index (χ3v) is 5.42. The summed E-state index contributed by atoms with van der Waals surface area (Å²) in [6.45, 7) is 4.36. The molecule has 0 atom stereocenters. The smallest absolute Gasteiger partial charge is 0.233 e. The highest BCUT2D eigenvalue weighted by molar-refractivity contribution is 5.95. The Morgan fingerprint density at radius 3 is 2.42 bits per heavy atom. The molecule has 2 N–H and O–H groups in total. The summed E-state index contributed by atoms with van der Waals surface area (Å²) in [5.74, 6) is 0.147. The second-order valence-electron chi connectivity index (χ2n) is 7.49. The highest BCUT2D eigenvalue weighted by atomic mass is 16.5. The van der Waals surface area contributed by atoms with Gasteiger partial charge in [0.2, 0.25) is 11.8 Å². The molecule has 0 radical (unpaired) electrons. The van der Waals surface area contributed by atoms with E-state index in [0.29, 0.717) is 19.2 Å².